The fourth-order valence-electron chi connectivity index (χ4n) is 2.12. The number of nitrogens with one attached hydrogen (secondary N) is 1. The molecule has 0 bridgehead atoms. The van der Waals surface area contributed by atoms with Crippen LogP contribution in [0.2, 0.25) is 0 Å². The molecule has 0 spiro atoms. The van der Waals surface area contributed by atoms with Gasteiger partial charge in [0, 0.05) is 31.4 Å². The van der Waals surface area contributed by atoms with E-state index in [4.69, 9.17) is 11.6 Å². The Hall–Kier alpha value is -1.14. The first-order valence-corrected chi connectivity index (χ1v) is 8.14. The number of rotatable bonds is 6. The fraction of sp³-hybridized carbons (Fsp3) is 0.615. The van der Waals surface area contributed by atoms with E-state index >= 15 is 0 Å². The highest BCUT2D eigenvalue weighted by molar-refractivity contribution is 7.09. The van der Waals surface area contributed by atoms with Gasteiger partial charge in [0.1, 0.15) is 5.01 Å². The molecule has 2 heterocycles. The summed E-state index contributed by atoms with van der Waals surface area (Å²) >= 11 is 7.09. The highest BCUT2D eigenvalue weighted by Crippen LogP contribution is 2.12. The van der Waals surface area contributed by atoms with Crippen LogP contribution in [0.15, 0.2) is 5.38 Å². The van der Waals surface area contributed by atoms with Crippen molar-refractivity contribution < 1.29 is 9.59 Å². The van der Waals surface area contributed by atoms with Gasteiger partial charge in [0.15, 0.2) is 0 Å². The zero-order valence-corrected chi connectivity index (χ0v) is 12.8. The minimum Gasteiger partial charge on any atom is -0.355 e. The smallest absolute Gasteiger partial charge is 0.226 e. The summed E-state index contributed by atoms with van der Waals surface area (Å²) in [7, 11) is 0. The maximum Gasteiger partial charge on any atom is 0.226 e. The number of hydrogen-bond donors (Lipinski definition) is 1. The molecular formula is C13H18ClN3O2S. The van der Waals surface area contributed by atoms with Gasteiger partial charge < -0.3 is 10.2 Å². The van der Waals surface area contributed by atoms with Gasteiger partial charge in [-0.05, 0) is 12.8 Å². The molecular weight excluding hydrogens is 298 g/mol. The van der Waals surface area contributed by atoms with Crippen LogP contribution in [0.1, 0.15) is 30.0 Å². The largest absolute Gasteiger partial charge is 0.355 e. The maximum atomic E-state index is 11.8. The van der Waals surface area contributed by atoms with Gasteiger partial charge in [0.2, 0.25) is 11.8 Å². The Kier molecular flexibility index (Phi) is 5.79. The lowest BCUT2D eigenvalue weighted by Crippen LogP contribution is -2.33. The van der Waals surface area contributed by atoms with Gasteiger partial charge in [0.05, 0.1) is 18.0 Å². The molecule has 7 heteroatoms. The summed E-state index contributed by atoms with van der Waals surface area (Å²) in [6, 6.07) is 0. The minimum atomic E-state index is -0.102. The van der Waals surface area contributed by atoms with Gasteiger partial charge in [-0.25, -0.2) is 4.98 Å². The molecule has 1 N–H and O–H groups in total. The van der Waals surface area contributed by atoms with Gasteiger partial charge in [0.25, 0.3) is 0 Å². The summed E-state index contributed by atoms with van der Waals surface area (Å²) in [5, 5.41) is 5.37. The highest BCUT2D eigenvalue weighted by atomic mass is 35.5. The van der Waals surface area contributed by atoms with E-state index in [1.807, 2.05) is 10.3 Å². The third-order valence-electron chi connectivity index (χ3n) is 3.17. The molecule has 1 aliphatic rings. The monoisotopic (exact) mass is 315 g/mol. The number of thiazole rings is 1. The lowest BCUT2D eigenvalue weighted by Gasteiger charge is -2.15. The first kappa shape index (κ1) is 15.3. The summed E-state index contributed by atoms with van der Waals surface area (Å²) < 4.78 is 0. The first-order chi connectivity index (χ1) is 9.69. The molecule has 20 heavy (non-hydrogen) atoms. The van der Waals surface area contributed by atoms with Crippen LogP contribution in [-0.4, -0.2) is 41.3 Å². The standard InChI is InChI=1S/C13H18ClN3O2S/c14-8-10-9-20-12(16-10)7-11(18)15-4-3-13(19)17-5-1-2-6-17/h9H,1-8H2,(H,15,18). The van der Waals surface area contributed by atoms with Crippen molar-refractivity contribution in [1.82, 2.24) is 15.2 Å². The normalized spacial score (nSPS) is 14.6. The maximum absolute atomic E-state index is 11.8. The van der Waals surface area contributed by atoms with E-state index in [1.165, 1.54) is 11.3 Å². The number of carbonyl (C=O) groups excluding carboxylic acids is 2. The molecule has 0 saturated carbocycles. The number of hydrogen-bond acceptors (Lipinski definition) is 4. The van der Waals surface area contributed by atoms with Crippen LogP contribution >= 0.6 is 22.9 Å². The summed E-state index contributed by atoms with van der Waals surface area (Å²) in [5.41, 5.74) is 0.795. The summed E-state index contributed by atoms with van der Waals surface area (Å²) in [4.78, 5) is 29.6. The van der Waals surface area contributed by atoms with Crippen molar-refractivity contribution >= 4 is 34.8 Å². The van der Waals surface area contributed by atoms with E-state index in [2.05, 4.69) is 10.3 Å². The van der Waals surface area contributed by atoms with Crippen molar-refractivity contribution in [1.29, 1.82) is 0 Å². The summed E-state index contributed by atoms with van der Waals surface area (Å²) in [5.74, 6) is 0.388. The zero-order valence-electron chi connectivity index (χ0n) is 11.2. The second kappa shape index (κ2) is 7.59. The number of halogens is 1. The molecule has 0 aromatic carbocycles. The molecule has 1 aromatic rings. The van der Waals surface area contributed by atoms with Gasteiger partial charge in [-0.2, -0.15) is 0 Å². The Labute approximate surface area is 127 Å². The van der Waals surface area contributed by atoms with E-state index < -0.39 is 0 Å². The predicted octanol–water partition coefficient (Wildman–Crippen LogP) is 1.55. The first-order valence-electron chi connectivity index (χ1n) is 6.73. The number of aromatic nitrogens is 1. The number of likely N-dealkylation sites (tertiary alicyclic amines) is 1. The molecule has 0 atom stereocenters. The molecule has 110 valence electrons. The third-order valence-corrected chi connectivity index (χ3v) is 4.34. The third kappa shape index (κ3) is 4.45. The van der Waals surface area contributed by atoms with Gasteiger partial charge >= 0.3 is 0 Å². The average molecular weight is 316 g/mol. The second-order valence-electron chi connectivity index (χ2n) is 4.73. The van der Waals surface area contributed by atoms with Crippen LogP contribution in [0.5, 0.6) is 0 Å². The molecule has 5 nitrogen and oxygen atoms in total. The molecule has 1 aliphatic heterocycles. The molecule has 0 unspecified atom stereocenters. The van der Waals surface area contributed by atoms with Crippen molar-refractivity contribution in [2.45, 2.75) is 31.6 Å². The van der Waals surface area contributed by atoms with Crippen LogP contribution in [0, 0.1) is 0 Å². The van der Waals surface area contributed by atoms with E-state index in [0.717, 1.165) is 36.6 Å². The Balaban J connectivity index is 1.65. The van der Waals surface area contributed by atoms with E-state index in [9.17, 15) is 9.59 Å². The van der Waals surface area contributed by atoms with Crippen molar-refractivity contribution in [2.75, 3.05) is 19.6 Å². The van der Waals surface area contributed by atoms with Gasteiger partial charge in [-0.15, -0.1) is 22.9 Å². The second-order valence-corrected chi connectivity index (χ2v) is 5.94. The molecule has 1 fully saturated rings. The van der Waals surface area contributed by atoms with Crippen molar-refractivity contribution in [3.8, 4) is 0 Å². The molecule has 0 aliphatic carbocycles. The molecule has 1 saturated heterocycles. The zero-order chi connectivity index (χ0) is 14.4. The Morgan fingerprint density at radius 1 is 1.40 bits per heavy atom. The quantitative estimate of drug-likeness (QED) is 0.810. The van der Waals surface area contributed by atoms with Crippen LogP contribution in [0.25, 0.3) is 0 Å². The number of alkyl halides is 1. The fourth-order valence-corrected chi connectivity index (χ4v) is 3.15. The van der Waals surface area contributed by atoms with E-state index in [1.54, 1.807) is 0 Å². The molecule has 0 radical (unpaired) electrons. The SMILES string of the molecule is O=C(Cc1nc(CCl)cs1)NCCC(=O)N1CCCC1. The van der Waals surface area contributed by atoms with E-state index in [-0.39, 0.29) is 18.2 Å². The van der Waals surface area contributed by atoms with Gasteiger partial charge in [-0.1, -0.05) is 0 Å². The number of amides is 2. The Morgan fingerprint density at radius 3 is 2.80 bits per heavy atom. The topological polar surface area (TPSA) is 62.3 Å². The lowest BCUT2D eigenvalue weighted by atomic mass is 10.3. The summed E-state index contributed by atoms with van der Waals surface area (Å²) in [6.45, 7) is 2.10. The molecule has 2 amide bonds. The van der Waals surface area contributed by atoms with Crippen LogP contribution in [0.4, 0.5) is 0 Å². The van der Waals surface area contributed by atoms with Gasteiger partial charge in [-0.3, -0.25) is 9.59 Å². The summed E-state index contributed by atoms with van der Waals surface area (Å²) in [6.07, 6.45) is 2.80. The van der Waals surface area contributed by atoms with Crippen LogP contribution < -0.4 is 5.32 Å². The Bertz CT molecular complexity index is 472. The number of carbonyl (C=O) groups is 2. The average Bonchev–Trinajstić information content (AvgIpc) is 3.09. The van der Waals surface area contributed by atoms with Crippen LogP contribution in [0.3, 0.4) is 0 Å². The van der Waals surface area contributed by atoms with Crippen LogP contribution in [-0.2, 0) is 21.9 Å². The van der Waals surface area contributed by atoms with Crippen molar-refractivity contribution in [3.05, 3.63) is 16.1 Å². The molecule has 2 rings (SSSR count). The lowest BCUT2D eigenvalue weighted by molar-refractivity contribution is -0.130. The number of nitrogens with zero attached hydrogens (tertiary/aromatic N) is 2. The Morgan fingerprint density at radius 2 is 2.15 bits per heavy atom. The highest BCUT2D eigenvalue weighted by Gasteiger charge is 2.17. The van der Waals surface area contributed by atoms with Crippen molar-refractivity contribution in [3.63, 3.8) is 0 Å². The molecule has 1 aromatic heterocycles. The van der Waals surface area contributed by atoms with Crippen molar-refractivity contribution in [2.24, 2.45) is 0 Å². The predicted molar refractivity (Wildman–Crippen MR) is 78.8 cm³/mol. The minimum absolute atomic E-state index is 0.102. The van der Waals surface area contributed by atoms with E-state index in [0.29, 0.717) is 18.8 Å².